The van der Waals surface area contributed by atoms with Crippen molar-refractivity contribution >= 4 is 0 Å². The van der Waals surface area contributed by atoms with E-state index in [-0.39, 0.29) is 0 Å². The van der Waals surface area contributed by atoms with Gasteiger partial charge in [-0.25, -0.2) is 0 Å². The van der Waals surface area contributed by atoms with E-state index in [9.17, 15) is 0 Å². The average Bonchev–Trinajstić information content (AvgIpc) is 2.23. The van der Waals surface area contributed by atoms with Gasteiger partial charge in [-0.2, -0.15) is 0 Å². The highest BCUT2D eigenvalue weighted by Gasteiger charge is 2.25. The average molecular weight is 215 g/mol. The fourth-order valence-electron chi connectivity index (χ4n) is 1.71. The lowest BCUT2D eigenvalue weighted by Gasteiger charge is -2.32. The maximum Gasteiger partial charge on any atom is 0.0580 e. The molecule has 0 aliphatic heterocycles. The summed E-state index contributed by atoms with van der Waals surface area (Å²) in [7, 11) is 2.16. The van der Waals surface area contributed by atoms with Crippen LogP contribution in [0.3, 0.4) is 0 Å². The summed E-state index contributed by atoms with van der Waals surface area (Å²) in [5.41, 5.74) is 0. The second kappa shape index (κ2) is 9.17. The Balaban J connectivity index is 0.000000921. The predicted octanol–water partition coefficient (Wildman–Crippen LogP) is 3.17. The first-order chi connectivity index (χ1) is 7.22. The molecule has 0 unspecified atom stereocenters. The minimum Gasteiger partial charge on any atom is -0.378 e. The van der Waals surface area contributed by atoms with Gasteiger partial charge < -0.3 is 9.64 Å². The normalized spacial score (nSPS) is 24.4. The first-order valence-electron chi connectivity index (χ1n) is 6.52. The lowest BCUT2D eigenvalue weighted by Crippen LogP contribution is -2.30. The van der Waals surface area contributed by atoms with E-state index < -0.39 is 0 Å². The van der Waals surface area contributed by atoms with Gasteiger partial charge >= 0.3 is 0 Å². The summed E-state index contributed by atoms with van der Waals surface area (Å²) in [5, 5.41) is 0. The first-order valence-corrected chi connectivity index (χ1v) is 6.52. The van der Waals surface area contributed by atoms with Crippen molar-refractivity contribution < 1.29 is 4.74 Å². The summed E-state index contributed by atoms with van der Waals surface area (Å²) in [6.45, 7) is 11.7. The third kappa shape index (κ3) is 6.91. The van der Waals surface area contributed by atoms with Gasteiger partial charge in [-0.3, -0.25) is 0 Å². The van der Waals surface area contributed by atoms with Gasteiger partial charge in [0.2, 0.25) is 0 Å². The van der Waals surface area contributed by atoms with Gasteiger partial charge in [-0.1, -0.05) is 27.7 Å². The molecule has 0 heterocycles. The number of ether oxygens (including phenoxy) is 1. The summed E-state index contributed by atoms with van der Waals surface area (Å²) in [4.78, 5) is 2.33. The van der Waals surface area contributed by atoms with Crippen molar-refractivity contribution in [2.75, 3.05) is 26.7 Å². The van der Waals surface area contributed by atoms with Crippen LogP contribution < -0.4 is 0 Å². The topological polar surface area (TPSA) is 12.5 Å². The molecule has 0 N–H and O–H groups in total. The van der Waals surface area contributed by atoms with Crippen LogP contribution in [-0.4, -0.2) is 37.7 Å². The highest BCUT2D eigenvalue weighted by Crippen LogP contribution is 2.28. The Morgan fingerprint density at radius 3 is 2.33 bits per heavy atom. The Hall–Kier alpha value is -0.0800. The molecule has 0 aromatic carbocycles. The molecule has 2 heteroatoms. The minimum absolute atomic E-state index is 0.585. The second-order valence-corrected chi connectivity index (χ2v) is 4.32. The summed E-state index contributed by atoms with van der Waals surface area (Å²) >= 11 is 0. The van der Waals surface area contributed by atoms with Gasteiger partial charge in [0.25, 0.3) is 0 Å². The molecule has 15 heavy (non-hydrogen) atoms. The van der Waals surface area contributed by atoms with Gasteiger partial charge in [-0.05, 0) is 38.8 Å². The van der Waals surface area contributed by atoms with Crippen LogP contribution >= 0.6 is 0 Å². The molecular weight excluding hydrogens is 186 g/mol. The lowest BCUT2D eigenvalue weighted by atomic mass is 9.84. The largest absolute Gasteiger partial charge is 0.378 e. The third-order valence-electron chi connectivity index (χ3n) is 2.91. The van der Waals surface area contributed by atoms with Crippen molar-refractivity contribution in [1.82, 2.24) is 4.90 Å². The van der Waals surface area contributed by atoms with Gasteiger partial charge in [0.15, 0.2) is 0 Å². The molecule has 2 nitrogen and oxygen atoms in total. The van der Waals surface area contributed by atoms with Crippen molar-refractivity contribution in [1.29, 1.82) is 0 Å². The van der Waals surface area contributed by atoms with E-state index in [0.717, 1.165) is 19.1 Å². The second-order valence-electron chi connectivity index (χ2n) is 4.32. The fraction of sp³-hybridized carbons (Fsp3) is 1.00. The van der Waals surface area contributed by atoms with Crippen LogP contribution in [0.2, 0.25) is 0 Å². The van der Waals surface area contributed by atoms with Crippen LogP contribution in [0.5, 0.6) is 0 Å². The molecule has 1 rings (SSSR count). The quantitative estimate of drug-likeness (QED) is 0.631. The standard InChI is InChI=1S/C11H23NO.C2H6/c1-4-12(3)6-5-7-13-11-8-10(2)9-11;1-2/h10-11H,4-9H2,1-3H3;1-2H3. The van der Waals surface area contributed by atoms with Crippen LogP contribution in [0.4, 0.5) is 0 Å². The minimum atomic E-state index is 0.585. The number of hydrogen-bond acceptors (Lipinski definition) is 2. The summed E-state index contributed by atoms with van der Waals surface area (Å²) in [5.74, 6) is 0.906. The molecule has 0 atom stereocenters. The highest BCUT2D eigenvalue weighted by molar-refractivity contribution is 4.76. The zero-order chi connectivity index (χ0) is 11.7. The molecule has 0 aromatic rings. The molecule has 1 fully saturated rings. The van der Waals surface area contributed by atoms with Crippen molar-refractivity contribution in [2.45, 2.75) is 53.1 Å². The monoisotopic (exact) mass is 215 g/mol. The summed E-state index contributed by atoms with van der Waals surface area (Å²) in [6.07, 6.45) is 4.32. The molecule has 0 radical (unpaired) electrons. The van der Waals surface area contributed by atoms with Crippen LogP contribution in [0.15, 0.2) is 0 Å². The molecule has 0 aromatic heterocycles. The predicted molar refractivity (Wildman–Crippen MR) is 67.3 cm³/mol. The van der Waals surface area contributed by atoms with Crippen molar-refractivity contribution in [3.63, 3.8) is 0 Å². The number of rotatable bonds is 6. The van der Waals surface area contributed by atoms with E-state index in [1.807, 2.05) is 13.8 Å². The van der Waals surface area contributed by atoms with E-state index in [1.165, 1.54) is 25.8 Å². The zero-order valence-electron chi connectivity index (χ0n) is 11.3. The molecule has 0 bridgehead atoms. The van der Waals surface area contributed by atoms with Crippen LogP contribution in [0.25, 0.3) is 0 Å². The van der Waals surface area contributed by atoms with Gasteiger partial charge in [-0.15, -0.1) is 0 Å². The SMILES string of the molecule is CC.CCN(C)CCCOC1CC(C)C1. The molecule has 1 saturated carbocycles. The van der Waals surface area contributed by atoms with Crippen molar-refractivity contribution in [3.05, 3.63) is 0 Å². The van der Waals surface area contributed by atoms with Crippen LogP contribution in [0.1, 0.15) is 47.0 Å². The molecule has 0 saturated heterocycles. The Morgan fingerprint density at radius 1 is 1.27 bits per heavy atom. The molecule has 1 aliphatic rings. The maximum absolute atomic E-state index is 5.72. The zero-order valence-corrected chi connectivity index (χ0v) is 11.3. The summed E-state index contributed by atoms with van der Waals surface area (Å²) < 4.78 is 5.72. The lowest BCUT2D eigenvalue weighted by molar-refractivity contribution is -0.0276. The molecule has 0 amide bonds. The van der Waals surface area contributed by atoms with Crippen molar-refractivity contribution in [3.8, 4) is 0 Å². The number of nitrogens with zero attached hydrogens (tertiary/aromatic N) is 1. The van der Waals surface area contributed by atoms with Gasteiger partial charge in [0.1, 0.15) is 0 Å². The Kier molecular flexibility index (Phi) is 9.12. The van der Waals surface area contributed by atoms with E-state index in [4.69, 9.17) is 4.74 Å². The van der Waals surface area contributed by atoms with E-state index in [0.29, 0.717) is 6.10 Å². The Bertz CT molecular complexity index is 132. The van der Waals surface area contributed by atoms with E-state index >= 15 is 0 Å². The van der Waals surface area contributed by atoms with Crippen LogP contribution in [0, 0.1) is 5.92 Å². The van der Waals surface area contributed by atoms with Crippen LogP contribution in [-0.2, 0) is 4.74 Å². The smallest absolute Gasteiger partial charge is 0.0580 e. The Morgan fingerprint density at radius 2 is 1.87 bits per heavy atom. The first kappa shape index (κ1) is 14.9. The van der Waals surface area contributed by atoms with E-state index in [1.54, 1.807) is 0 Å². The van der Waals surface area contributed by atoms with E-state index in [2.05, 4.69) is 25.8 Å². The third-order valence-corrected chi connectivity index (χ3v) is 2.91. The van der Waals surface area contributed by atoms with Gasteiger partial charge in [0.05, 0.1) is 6.10 Å². The summed E-state index contributed by atoms with van der Waals surface area (Å²) in [6, 6.07) is 0. The highest BCUT2D eigenvalue weighted by atomic mass is 16.5. The Labute approximate surface area is 96.0 Å². The molecule has 0 spiro atoms. The molecular formula is C13H29NO. The molecule has 1 aliphatic carbocycles. The molecule has 92 valence electrons. The fourth-order valence-corrected chi connectivity index (χ4v) is 1.71. The van der Waals surface area contributed by atoms with Gasteiger partial charge in [0, 0.05) is 13.2 Å². The number of hydrogen-bond donors (Lipinski definition) is 0. The maximum atomic E-state index is 5.72. The van der Waals surface area contributed by atoms with Crippen molar-refractivity contribution in [2.24, 2.45) is 5.92 Å².